The van der Waals surface area contributed by atoms with Crippen molar-refractivity contribution in [3.63, 3.8) is 0 Å². The van der Waals surface area contributed by atoms with Gasteiger partial charge < -0.3 is 9.84 Å². The van der Waals surface area contributed by atoms with Crippen LogP contribution in [0.2, 0.25) is 0 Å². The molecule has 3 rings (SSSR count). The predicted molar refractivity (Wildman–Crippen MR) is 74.1 cm³/mol. The van der Waals surface area contributed by atoms with E-state index in [0.29, 0.717) is 5.92 Å². The van der Waals surface area contributed by atoms with Crippen LogP contribution in [0.3, 0.4) is 0 Å². The number of aromatic nitrogens is 2. The molecule has 0 spiro atoms. The fourth-order valence-electron chi connectivity index (χ4n) is 2.92. The Morgan fingerprint density at radius 1 is 1.00 bits per heavy atom. The summed E-state index contributed by atoms with van der Waals surface area (Å²) < 4.78 is 5.39. The number of hydrogen-bond acceptors (Lipinski definition) is 4. The molecule has 1 aromatic rings. The van der Waals surface area contributed by atoms with Gasteiger partial charge in [-0.3, -0.25) is 0 Å². The number of hydrogen-bond donors (Lipinski definition) is 1. The normalized spacial score (nSPS) is 22.1. The molecule has 0 atom stereocenters. The molecule has 1 heterocycles. The standard InChI is InChI=1S/C15H25N3O/c1-2-4-6-12(7-5-3-1)15-17-14(19-18-15)10-11-16-13-8-9-13/h12-13,16H,1-11H2. The van der Waals surface area contributed by atoms with Crippen LogP contribution in [-0.2, 0) is 6.42 Å². The highest BCUT2D eigenvalue weighted by Crippen LogP contribution is 2.29. The molecule has 2 fully saturated rings. The molecule has 106 valence electrons. The van der Waals surface area contributed by atoms with Crippen LogP contribution >= 0.6 is 0 Å². The van der Waals surface area contributed by atoms with E-state index >= 15 is 0 Å². The predicted octanol–water partition coefficient (Wildman–Crippen LogP) is 3.19. The average molecular weight is 263 g/mol. The summed E-state index contributed by atoms with van der Waals surface area (Å²) in [6, 6.07) is 0.757. The molecule has 19 heavy (non-hydrogen) atoms. The lowest BCUT2D eigenvalue weighted by atomic mass is 9.91. The van der Waals surface area contributed by atoms with Crippen LogP contribution in [0.5, 0.6) is 0 Å². The van der Waals surface area contributed by atoms with Gasteiger partial charge in [-0.25, -0.2) is 0 Å². The highest BCUT2D eigenvalue weighted by atomic mass is 16.5. The number of nitrogens with one attached hydrogen (secondary N) is 1. The molecule has 0 saturated heterocycles. The molecule has 0 aromatic carbocycles. The van der Waals surface area contributed by atoms with Crippen LogP contribution in [0.15, 0.2) is 4.52 Å². The summed E-state index contributed by atoms with van der Waals surface area (Å²) in [5.41, 5.74) is 0. The van der Waals surface area contributed by atoms with Gasteiger partial charge in [0.25, 0.3) is 0 Å². The van der Waals surface area contributed by atoms with Crippen molar-refractivity contribution in [1.82, 2.24) is 15.5 Å². The van der Waals surface area contributed by atoms with Gasteiger partial charge in [-0.05, 0) is 25.7 Å². The van der Waals surface area contributed by atoms with E-state index in [9.17, 15) is 0 Å². The van der Waals surface area contributed by atoms with Gasteiger partial charge in [0.2, 0.25) is 5.89 Å². The highest BCUT2D eigenvalue weighted by Gasteiger charge is 2.21. The molecule has 0 amide bonds. The molecular formula is C15H25N3O. The van der Waals surface area contributed by atoms with Crippen molar-refractivity contribution in [2.45, 2.75) is 76.2 Å². The molecule has 4 heteroatoms. The smallest absolute Gasteiger partial charge is 0.227 e. The van der Waals surface area contributed by atoms with Crippen LogP contribution in [0.1, 0.15) is 75.4 Å². The van der Waals surface area contributed by atoms with Crippen LogP contribution in [0.4, 0.5) is 0 Å². The van der Waals surface area contributed by atoms with Crippen LogP contribution in [-0.4, -0.2) is 22.7 Å². The minimum Gasteiger partial charge on any atom is -0.339 e. The second-order valence-electron chi connectivity index (χ2n) is 6.07. The van der Waals surface area contributed by atoms with Crippen molar-refractivity contribution in [2.75, 3.05) is 6.54 Å². The van der Waals surface area contributed by atoms with E-state index in [1.807, 2.05) is 0 Å². The summed E-state index contributed by atoms with van der Waals surface area (Å²) in [6.07, 6.45) is 12.8. The second kappa shape index (κ2) is 6.51. The first kappa shape index (κ1) is 13.1. The van der Waals surface area contributed by atoms with Crippen molar-refractivity contribution < 1.29 is 4.52 Å². The van der Waals surface area contributed by atoms with Gasteiger partial charge in [0, 0.05) is 24.9 Å². The molecule has 0 radical (unpaired) electrons. The summed E-state index contributed by atoms with van der Waals surface area (Å²) in [4.78, 5) is 4.61. The van der Waals surface area contributed by atoms with Crippen molar-refractivity contribution in [2.24, 2.45) is 0 Å². The molecule has 1 aromatic heterocycles. The van der Waals surface area contributed by atoms with Crippen LogP contribution in [0, 0.1) is 0 Å². The highest BCUT2D eigenvalue weighted by molar-refractivity contribution is 4.96. The SMILES string of the molecule is C1CCCC(c2noc(CCNC3CC3)n2)CCC1. The largest absolute Gasteiger partial charge is 0.339 e. The molecule has 0 aliphatic heterocycles. The number of nitrogens with zero attached hydrogens (tertiary/aromatic N) is 2. The van der Waals surface area contributed by atoms with Gasteiger partial charge in [-0.15, -0.1) is 0 Å². The molecule has 0 unspecified atom stereocenters. The molecule has 2 saturated carbocycles. The van der Waals surface area contributed by atoms with Crippen molar-refractivity contribution in [3.8, 4) is 0 Å². The van der Waals surface area contributed by atoms with Gasteiger partial charge in [-0.2, -0.15) is 4.98 Å². The lowest BCUT2D eigenvalue weighted by Crippen LogP contribution is -2.19. The fourth-order valence-corrected chi connectivity index (χ4v) is 2.92. The maximum absolute atomic E-state index is 5.39. The molecular weight excluding hydrogens is 238 g/mol. The first-order valence-corrected chi connectivity index (χ1v) is 7.97. The van der Waals surface area contributed by atoms with Crippen molar-refractivity contribution in [3.05, 3.63) is 11.7 Å². The topological polar surface area (TPSA) is 51.0 Å². The first-order chi connectivity index (χ1) is 9.42. The van der Waals surface area contributed by atoms with Crippen molar-refractivity contribution in [1.29, 1.82) is 0 Å². The summed E-state index contributed by atoms with van der Waals surface area (Å²) >= 11 is 0. The van der Waals surface area contributed by atoms with E-state index in [0.717, 1.165) is 30.7 Å². The minimum absolute atomic E-state index is 0.536. The van der Waals surface area contributed by atoms with Crippen molar-refractivity contribution >= 4 is 0 Å². The molecule has 2 aliphatic rings. The Labute approximate surface area is 115 Å². The lowest BCUT2D eigenvalue weighted by molar-refractivity contribution is 0.359. The minimum atomic E-state index is 0.536. The third-order valence-electron chi connectivity index (χ3n) is 4.30. The molecule has 4 nitrogen and oxygen atoms in total. The van der Waals surface area contributed by atoms with Gasteiger partial charge >= 0.3 is 0 Å². The second-order valence-corrected chi connectivity index (χ2v) is 6.07. The van der Waals surface area contributed by atoms with Crippen LogP contribution in [0.25, 0.3) is 0 Å². The van der Waals surface area contributed by atoms with E-state index in [1.165, 1.54) is 57.8 Å². The van der Waals surface area contributed by atoms with Gasteiger partial charge in [0.15, 0.2) is 5.82 Å². The van der Waals surface area contributed by atoms with E-state index < -0.39 is 0 Å². The maximum atomic E-state index is 5.39. The Hall–Kier alpha value is -0.900. The van der Waals surface area contributed by atoms with E-state index in [-0.39, 0.29) is 0 Å². The van der Waals surface area contributed by atoms with E-state index in [4.69, 9.17) is 4.52 Å². The Balaban J connectivity index is 1.49. The maximum Gasteiger partial charge on any atom is 0.227 e. The molecule has 2 aliphatic carbocycles. The Bertz CT molecular complexity index is 378. The number of rotatable bonds is 5. The lowest BCUT2D eigenvalue weighted by Gasteiger charge is -2.15. The Kier molecular flexibility index (Phi) is 4.49. The van der Waals surface area contributed by atoms with Gasteiger partial charge in [0.1, 0.15) is 0 Å². The third-order valence-corrected chi connectivity index (χ3v) is 4.30. The van der Waals surface area contributed by atoms with Crippen LogP contribution < -0.4 is 5.32 Å². The average Bonchev–Trinajstić information content (AvgIpc) is 3.07. The fraction of sp³-hybridized carbons (Fsp3) is 0.867. The summed E-state index contributed by atoms with van der Waals surface area (Å²) in [7, 11) is 0. The zero-order valence-corrected chi connectivity index (χ0v) is 11.7. The van der Waals surface area contributed by atoms with E-state index in [2.05, 4.69) is 15.5 Å². The third kappa shape index (κ3) is 4.03. The zero-order valence-electron chi connectivity index (χ0n) is 11.7. The zero-order chi connectivity index (χ0) is 12.9. The summed E-state index contributed by atoms with van der Waals surface area (Å²) in [6.45, 7) is 0.969. The Morgan fingerprint density at radius 3 is 2.47 bits per heavy atom. The summed E-state index contributed by atoms with van der Waals surface area (Å²) in [5, 5.41) is 7.70. The van der Waals surface area contributed by atoms with Gasteiger partial charge in [-0.1, -0.05) is 37.3 Å². The Morgan fingerprint density at radius 2 is 1.74 bits per heavy atom. The van der Waals surface area contributed by atoms with E-state index in [1.54, 1.807) is 0 Å². The first-order valence-electron chi connectivity index (χ1n) is 7.97. The molecule has 0 bridgehead atoms. The molecule has 1 N–H and O–H groups in total. The quantitative estimate of drug-likeness (QED) is 0.886. The van der Waals surface area contributed by atoms with Gasteiger partial charge in [0.05, 0.1) is 0 Å². The monoisotopic (exact) mass is 263 g/mol. The summed E-state index contributed by atoms with van der Waals surface area (Å²) in [5.74, 6) is 2.31.